The van der Waals surface area contributed by atoms with Crippen molar-refractivity contribution in [2.75, 3.05) is 26.2 Å². The Kier molecular flexibility index (Phi) is 6.50. The number of aliphatic hydroxyl groups is 1. The van der Waals surface area contributed by atoms with E-state index in [1.54, 1.807) is 0 Å². The highest BCUT2D eigenvalue weighted by molar-refractivity contribution is 4.94. The van der Waals surface area contributed by atoms with Gasteiger partial charge < -0.3 is 10.0 Å². The van der Waals surface area contributed by atoms with Crippen molar-refractivity contribution >= 4 is 0 Å². The lowest BCUT2D eigenvalue weighted by Gasteiger charge is -2.51. The quantitative estimate of drug-likeness (QED) is 0.669. The Labute approximate surface area is 107 Å². The van der Waals surface area contributed by atoms with Crippen molar-refractivity contribution in [3.05, 3.63) is 0 Å². The predicted molar refractivity (Wildman–Crippen MR) is 74.2 cm³/mol. The molecule has 17 heavy (non-hydrogen) atoms. The molecule has 1 N–H and O–H groups in total. The first kappa shape index (κ1) is 15.0. The molecule has 1 rings (SSSR count). The summed E-state index contributed by atoms with van der Waals surface area (Å²) in [7, 11) is 0. The van der Waals surface area contributed by atoms with Crippen LogP contribution in [0.5, 0.6) is 0 Å². The number of hydrogen-bond acceptors (Lipinski definition) is 2. The Morgan fingerprint density at radius 2 is 1.76 bits per heavy atom. The minimum absolute atomic E-state index is 0.343. The highest BCUT2D eigenvalue weighted by atomic mass is 16.3. The van der Waals surface area contributed by atoms with Crippen LogP contribution in [0.15, 0.2) is 0 Å². The van der Waals surface area contributed by atoms with E-state index in [-0.39, 0.29) is 0 Å². The van der Waals surface area contributed by atoms with Gasteiger partial charge in [-0.1, -0.05) is 33.6 Å². The van der Waals surface area contributed by atoms with Crippen LogP contribution in [0.1, 0.15) is 59.3 Å². The fourth-order valence-corrected chi connectivity index (χ4v) is 3.32. The lowest BCUT2D eigenvalue weighted by Crippen LogP contribution is -2.56. The van der Waals surface area contributed by atoms with Gasteiger partial charge in [-0.15, -0.1) is 0 Å². The van der Waals surface area contributed by atoms with E-state index in [9.17, 15) is 0 Å². The number of hydrogen-bond donors (Lipinski definition) is 1. The summed E-state index contributed by atoms with van der Waals surface area (Å²) < 4.78 is 0. The maximum absolute atomic E-state index is 8.98. The summed E-state index contributed by atoms with van der Waals surface area (Å²) in [4.78, 5) is 2.61. The Morgan fingerprint density at radius 1 is 1.18 bits per heavy atom. The molecule has 0 radical (unpaired) electrons. The molecule has 0 aromatic rings. The van der Waals surface area contributed by atoms with Gasteiger partial charge in [0.1, 0.15) is 0 Å². The topological polar surface area (TPSA) is 23.5 Å². The minimum Gasteiger partial charge on any atom is -0.396 e. The third-order valence-electron chi connectivity index (χ3n) is 4.16. The molecule has 2 heteroatoms. The van der Waals surface area contributed by atoms with E-state index in [1.807, 2.05) is 0 Å². The second-order valence-electron chi connectivity index (χ2n) is 6.14. The van der Waals surface area contributed by atoms with Gasteiger partial charge in [0, 0.05) is 19.7 Å². The van der Waals surface area contributed by atoms with Crippen LogP contribution in [0.4, 0.5) is 0 Å². The van der Waals surface area contributed by atoms with E-state index >= 15 is 0 Å². The monoisotopic (exact) mass is 241 g/mol. The third-order valence-corrected chi connectivity index (χ3v) is 4.16. The van der Waals surface area contributed by atoms with E-state index in [4.69, 9.17) is 5.11 Å². The van der Waals surface area contributed by atoms with Crippen molar-refractivity contribution in [1.29, 1.82) is 0 Å². The third kappa shape index (κ3) is 4.59. The van der Waals surface area contributed by atoms with Gasteiger partial charge in [-0.05, 0) is 43.6 Å². The van der Waals surface area contributed by atoms with Gasteiger partial charge in [0.2, 0.25) is 0 Å². The van der Waals surface area contributed by atoms with E-state index < -0.39 is 0 Å². The average Bonchev–Trinajstić information content (AvgIpc) is 2.26. The van der Waals surface area contributed by atoms with E-state index in [2.05, 4.69) is 25.7 Å². The fraction of sp³-hybridized carbons (Fsp3) is 1.00. The standard InChI is InChI=1S/C15H31NO/c1-4-8-15(9-5-2)12-16(13-15)10-6-7-14(3)11-17/h14,17H,4-13H2,1-3H3. The molecular formula is C15H31NO. The minimum atomic E-state index is 0.343. The smallest absolute Gasteiger partial charge is 0.0456 e. The van der Waals surface area contributed by atoms with E-state index in [0.29, 0.717) is 17.9 Å². The summed E-state index contributed by atoms with van der Waals surface area (Å²) in [6, 6.07) is 0. The Balaban J connectivity index is 2.15. The highest BCUT2D eigenvalue weighted by Crippen LogP contribution is 2.39. The van der Waals surface area contributed by atoms with Crippen LogP contribution in [-0.2, 0) is 0 Å². The Morgan fingerprint density at radius 3 is 2.24 bits per heavy atom. The summed E-state index contributed by atoms with van der Waals surface area (Å²) >= 11 is 0. The SMILES string of the molecule is CCCC1(CCC)CN(CCCC(C)CO)C1. The summed E-state index contributed by atoms with van der Waals surface area (Å²) in [5.41, 5.74) is 0.659. The van der Waals surface area contributed by atoms with Gasteiger partial charge in [0.15, 0.2) is 0 Å². The largest absolute Gasteiger partial charge is 0.396 e. The van der Waals surface area contributed by atoms with Crippen molar-refractivity contribution in [3.8, 4) is 0 Å². The van der Waals surface area contributed by atoms with Gasteiger partial charge in [0.25, 0.3) is 0 Å². The predicted octanol–water partition coefficient (Wildman–Crippen LogP) is 3.30. The summed E-state index contributed by atoms with van der Waals surface area (Å²) in [5, 5.41) is 8.98. The average molecular weight is 241 g/mol. The fourth-order valence-electron chi connectivity index (χ4n) is 3.32. The maximum atomic E-state index is 8.98. The highest BCUT2D eigenvalue weighted by Gasteiger charge is 2.40. The molecule has 0 aromatic heterocycles. The Hall–Kier alpha value is -0.0800. The van der Waals surface area contributed by atoms with Crippen LogP contribution in [0.3, 0.4) is 0 Å². The van der Waals surface area contributed by atoms with E-state index in [0.717, 1.165) is 0 Å². The van der Waals surface area contributed by atoms with Crippen molar-refractivity contribution in [1.82, 2.24) is 4.90 Å². The van der Waals surface area contributed by atoms with Crippen LogP contribution in [0.2, 0.25) is 0 Å². The molecule has 1 heterocycles. The van der Waals surface area contributed by atoms with Crippen LogP contribution < -0.4 is 0 Å². The van der Waals surface area contributed by atoms with Gasteiger partial charge in [0.05, 0.1) is 0 Å². The number of aliphatic hydroxyl groups excluding tert-OH is 1. The van der Waals surface area contributed by atoms with Crippen molar-refractivity contribution in [3.63, 3.8) is 0 Å². The van der Waals surface area contributed by atoms with Crippen molar-refractivity contribution < 1.29 is 5.11 Å². The zero-order valence-electron chi connectivity index (χ0n) is 12.0. The normalized spacial score (nSPS) is 21.2. The molecule has 1 aliphatic rings. The molecule has 2 nitrogen and oxygen atoms in total. The molecular weight excluding hydrogens is 210 g/mol. The zero-order chi connectivity index (χ0) is 12.7. The van der Waals surface area contributed by atoms with Gasteiger partial charge in [-0.3, -0.25) is 0 Å². The summed E-state index contributed by atoms with van der Waals surface area (Å²) in [5.74, 6) is 0.479. The molecule has 0 aromatic carbocycles. The maximum Gasteiger partial charge on any atom is 0.0456 e. The van der Waals surface area contributed by atoms with Crippen molar-refractivity contribution in [2.24, 2.45) is 11.3 Å². The second-order valence-corrected chi connectivity index (χ2v) is 6.14. The van der Waals surface area contributed by atoms with E-state index in [1.165, 1.54) is 58.2 Å². The van der Waals surface area contributed by atoms with Gasteiger partial charge >= 0.3 is 0 Å². The zero-order valence-corrected chi connectivity index (χ0v) is 12.0. The molecule has 0 bridgehead atoms. The first-order valence-electron chi connectivity index (χ1n) is 7.49. The number of rotatable bonds is 9. The lowest BCUT2D eigenvalue weighted by atomic mass is 9.72. The molecule has 102 valence electrons. The van der Waals surface area contributed by atoms with Crippen LogP contribution in [-0.4, -0.2) is 36.2 Å². The van der Waals surface area contributed by atoms with Crippen molar-refractivity contribution in [2.45, 2.75) is 59.3 Å². The first-order valence-corrected chi connectivity index (χ1v) is 7.49. The second kappa shape index (κ2) is 7.38. The van der Waals surface area contributed by atoms with Crippen LogP contribution >= 0.6 is 0 Å². The summed E-state index contributed by atoms with van der Waals surface area (Å²) in [6.07, 6.45) is 7.89. The molecule has 1 unspecified atom stereocenters. The molecule has 0 aliphatic carbocycles. The lowest BCUT2D eigenvalue weighted by molar-refractivity contribution is -0.0159. The molecule has 0 saturated carbocycles. The van der Waals surface area contributed by atoms with Gasteiger partial charge in [-0.2, -0.15) is 0 Å². The van der Waals surface area contributed by atoms with Crippen LogP contribution in [0.25, 0.3) is 0 Å². The van der Waals surface area contributed by atoms with Crippen LogP contribution in [0, 0.1) is 11.3 Å². The molecule has 0 amide bonds. The number of likely N-dealkylation sites (tertiary alicyclic amines) is 1. The Bertz CT molecular complexity index is 191. The first-order chi connectivity index (χ1) is 8.15. The summed E-state index contributed by atoms with van der Waals surface area (Å²) in [6.45, 7) is 11.0. The van der Waals surface area contributed by atoms with Gasteiger partial charge in [-0.25, -0.2) is 0 Å². The molecule has 0 spiro atoms. The molecule has 1 saturated heterocycles. The molecule has 1 aliphatic heterocycles. The molecule has 1 atom stereocenters. The molecule has 1 fully saturated rings. The number of nitrogens with zero attached hydrogens (tertiary/aromatic N) is 1.